The minimum atomic E-state index is -1.06. The molecule has 0 unspecified atom stereocenters. The Bertz CT molecular complexity index is 825. The van der Waals surface area contributed by atoms with Crippen molar-refractivity contribution in [2.45, 2.75) is 19.9 Å². The summed E-state index contributed by atoms with van der Waals surface area (Å²) in [5.74, 6) is -1.06. The Morgan fingerprint density at radius 2 is 2.19 bits per heavy atom. The number of halogens is 1. The number of carbonyl (C=O) groups is 1. The van der Waals surface area contributed by atoms with Gasteiger partial charge < -0.3 is 5.11 Å². The number of carboxylic acids is 1. The lowest BCUT2D eigenvalue weighted by Gasteiger charge is -2.03. The fraction of sp³-hybridized carbons (Fsp3) is 0.214. The number of carboxylic acid groups (broad SMARTS) is 1. The molecule has 3 rings (SSSR count). The zero-order valence-electron chi connectivity index (χ0n) is 11.2. The molecule has 2 aromatic heterocycles. The van der Waals surface area contributed by atoms with Crippen LogP contribution in [0.5, 0.6) is 0 Å². The van der Waals surface area contributed by atoms with E-state index in [1.54, 1.807) is 16.0 Å². The van der Waals surface area contributed by atoms with Gasteiger partial charge in [-0.3, -0.25) is 0 Å². The van der Waals surface area contributed by atoms with Crippen LogP contribution < -0.4 is 0 Å². The summed E-state index contributed by atoms with van der Waals surface area (Å²) in [6.07, 6.45) is 0.553. The van der Waals surface area contributed by atoms with E-state index in [9.17, 15) is 4.79 Å². The number of rotatable bonds is 4. The van der Waals surface area contributed by atoms with Crippen molar-refractivity contribution in [3.63, 3.8) is 0 Å². The minimum absolute atomic E-state index is 0.00901. The van der Waals surface area contributed by atoms with Crippen molar-refractivity contribution in [3.05, 3.63) is 45.6 Å². The first kappa shape index (κ1) is 14.0. The van der Waals surface area contributed by atoms with Gasteiger partial charge in [0.25, 0.3) is 0 Å². The van der Waals surface area contributed by atoms with Gasteiger partial charge in [0.15, 0.2) is 5.69 Å². The summed E-state index contributed by atoms with van der Waals surface area (Å²) in [5, 5.41) is 18.5. The van der Waals surface area contributed by atoms with Gasteiger partial charge in [-0.05, 0) is 12.5 Å². The van der Waals surface area contributed by atoms with Crippen LogP contribution in [-0.2, 0) is 13.0 Å². The highest BCUT2D eigenvalue weighted by atomic mass is 35.5. The van der Waals surface area contributed by atoms with Crippen molar-refractivity contribution in [1.82, 2.24) is 15.0 Å². The number of aromatic carboxylic acids is 1. The molecule has 0 fully saturated rings. The topological polar surface area (TPSA) is 68.0 Å². The maximum absolute atomic E-state index is 11.1. The third-order valence-electron chi connectivity index (χ3n) is 3.27. The highest BCUT2D eigenvalue weighted by Gasteiger charge is 2.19. The van der Waals surface area contributed by atoms with E-state index in [1.807, 2.05) is 31.2 Å². The summed E-state index contributed by atoms with van der Waals surface area (Å²) in [5.41, 5.74) is 0.616. The average molecular weight is 322 g/mol. The first-order valence-corrected chi connectivity index (χ1v) is 7.62. The number of hydrogen-bond acceptors (Lipinski definition) is 4. The molecule has 3 aromatic rings. The number of nitrogens with zero attached hydrogens (tertiary/aromatic N) is 3. The summed E-state index contributed by atoms with van der Waals surface area (Å²) in [7, 11) is 0. The van der Waals surface area contributed by atoms with Crippen molar-refractivity contribution >= 4 is 39.0 Å². The van der Waals surface area contributed by atoms with E-state index >= 15 is 0 Å². The van der Waals surface area contributed by atoms with Crippen molar-refractivity contribution in [2.75, 3.05) is 0 Å². The zero-order valence-corrected chi connectivity index (χ0v) is 12.8. The second-order valence-corrected chi connectivity index (χ2v) is 6.05. The van der Waals surface area contributed by atoms with Gasteiger partial charge in [0.05, 0.1) is 17.3 Å². The number of fused-ring (bicyclic) bond motifs is 1. The lowest BCUT2D eigenvalue weighted by molar-refractivity contribution is 0.0689. The number of thiophene rings is 1. The van der Waals surface area contributed by atoms with Gasteiger partial charge in [-0.25, -0.2) is 9.48 Å². The molecule has 5 nitrogen and oxygen atoms in total. The molecule has 1 aromatic carbocycles. The molecule has 0 aliphatic carbocycles. The molecule has 0 spiro atoms. The molecule has 0 atom stereocenters. The molecule has 0 saturated heterocycles. The molecule has 21 heavy (non-hydrogen) atoms. The van der Waals surface area contributed by atoms with Gasteiger partial charge >= 0.3 is 5.97 Å². The van der Waals surface area contributed by atoms with E-state index in [4.69, 9.17) is 16.7 Å². The average Bonchev–Trinajstić information content (AvgIpc) is 3.02. The molecular formula is C14H12ClN3O2S. The predicted octanol–water partition coefficient (Wildman–Crippen LogP) is 3.46. The fourth-order valence-electron chi connectivity index (χ4n) is 2.28. The molecule has 0 aliphatic heterocycles. The molecular weight excluding hydrogens is 310 g/mol. The molecule has 0 saturated carbocycles. The standard InChI is InChI=1S/C14H12ClN3O2S/c1-2-9-13(14(19)20)16-17-18(9)7-11-12(15)8-5-3-4-6-10(8)21-11/h3-6H,2,7H2,1H3,(H,19,20). The quantitative estimate of drug-likeness (QED) is 0.799. The molecule has 108 valence electrons. The molecule has 2 heterocycles. The molecule has 1 N–H and O–H groups in total. The van der Waals surface area contributed by atoms with Crippen LogP contribution in [0.15, 0.2) is 24.3 Å². The minimum Gasteiger partial charge on any atom is -0.476 e. The van der Waals surface area contributed by atoms with Crippen LogP contribution in [0.1, 0.15) is 28.0 Å². The van der Waals surface area contributed by atoms with Crippen molar-refractivity contribution in [3.8, 4) is 0 Å². The Labute approximate surface area is 129 Å². The normalized spacial score (nSPS) is 11.1. The van der Waals surface area contributed by atoms with Crippen LogP contribution in [0.2, 0.25) is 5.02 Å². The maximum Gasteiger partial charge on any atom is 0.358 e. The summed E-state index contributed by atoms with van der Waals surface area (Å²) in [6.45, 7) is 2.32. The van der Waals surface area contributed by atoms with Gasteiger partial charge in [-0.1, -0.05) is 41.9 Å². The van der Waals surface area contributed by atoms with E-state index in [-0.39, 0.29) is 5.69 Å². The van der Waals surface area contributed by atoms with Crippen LogP contribution in [0.25, 0.3) is 10.1 Å². The molecule has 0 radical (unpaired) electrons. The van der Waals surface area contributed by atoms with Crippen LogP contribution in [0, 0.1) is 0 Å². The van der Waals surface area contributed by atoms with E-state index < -0.39 is 5.97 Å². The molecule has 7 heteroatoms. The molecule has 0 bridgehead atoms. The Morgan fingerprint density at radius 3 is 2.86 bits per heavy atom. The highest BCUT2D eigenvalue weighted by molar-refractivity contribution is 7.19. The second kappa shape index (κ2) is 5.46. The van der Waals surface area contributed by atoms with Crippen molar-refractivity contribution in [1.29, 1.82) is 0 Å². The largest absolute Gasteiger partial charge is 0.476 e. The third-order valence-corrected chi connectivity index (χ3v) is 4.97. The number of benzene rings is 1. The smallest absolute Gasteiger partial charge is 0.358 e. The first-order valence-electron chi connectivity index (χ1n) is 6.43. The summed E-state index contributed by atoms with van der Waals surface area (Å²) >= 11 is 7.99. The maximum atomic E-state index is 11.1. The van der Waals surface area contributed by atoms with Gasteiger partial charge in [0, 0.05) is 15.0 Å². The Kier molecular flexibility index (Phi) is 3.65. The van der Waals surface area contributed by atoms with E-state index in [1.165, 1.54) is 0 Å². The van der Waals surface area contributed by atoms with Gasteiger partial charge in [-0.15, -0.1) is 16.4 Å². The van der Waals surface area contributed by atoms with E-state index in [2.05, 4.69) is 10.3 Å². The number of hydrogen-bond donors (Lipinski definition) is 1. The van der Waals surface area contributed by atoms with Crippen LogP contribution in [0.4, 0.5) is 0 Å². The second-order valence-electron chi connectivity index (χ2n) is 4.54. The molecule has 0 amide bonds. The molecule has 0 aliphatic rings. The lowest BCUT2D eigenvalue weighted by atomic mass is 10.2. The third kappa shape index (κ3) is 2.41. The van der Waals surface area contributed by atoms with Crippen LogP contribution >= 0.6 is 22.9 Å². The van der Waals surface area contributed by atoms with Gasteiger partial charge in [0.2, 0.25) is 0 Å². The highest BCUT2D eigenvalue weighted by Crippen LogP contribution is 2.35. The summed E-state index contributed by atoms with van der Waals surface area (Å²) in [4.78, 5) is 12.1. The van der Waals surface area contributed by atoms with Crippen LogP contribution in [0.3, 0.4) is 0 Å². The zero-order chi connectivity index (χ0) is 15.0. The van der Waals surface area contributed by atoms with E-state index in [0.29, 0.717) is 23.7 Å². The first-order chi connectivity index (χ1) is 10.1. The summed E-state index contributed by atoms with van der Waals surface area (Å²) < 4.78 is 2.72. The Morgan fingerprint density at radius 1 is 1.43 bits per heavy atom. The lowest BCUT2D eigenvalue weighted by Crippen LogP contribution is -2.08. The van der Waals surface area contributed by atoms with Gasteiger partial charge in [0.1, 0.15) is 0 Å². The monoisotopic (exact) mass is 321 g/mol. The number of aromatic nitrogens is 3. The van der Waals surface area contributed by atoms with Crippen molar-refractivity contribution < 1.29 is 9.90 Å². The summed E-state index contributed by atoms with van der Waals surface area (Å²) in [6, 6.07) is 7.90. The van der Waals surface area contributed by atoms with Crippen molar-refractivity contribution in [2.24, 2.45) is 0 Å². The predicted molar refractivity (Wildman–Crippen MR) is 82.3 cm³/mol. The Hall–Kier alpha value is -1.92. The Balaban J connectivity index is 2.03. The van der Waals surface area contributed by atoms with Gasteiger partial charge in [-0.2, -0.15) is 0 Å². The SMILES string of the molecule is CCc1c(C(=O)O)nnn1Cc1sc2ccccc2c1Cl. The van der Waals surface area contributed by atoms with Crippen LogP contribution in [-0.4, -0.2) is 26.1 Å². The van der Waals surface area contributed by atoms with E-state index in [0.717, 1.165) is 15.0 Å². The fourth-order valence-corrected chi connectivity index (χ4v) is 3.75.